The van der Waals surface area contributed by atoms with Crippen molar-refractivity contribution in [3.05, 3.63) is 23.3 Å². The van der Waals surface area contributed by atoms with E-state index in [9.17, 15) is 4.79 Å². The van der Waals surface area contributed by atoms with E-state index < -0.39 is 0 Å². The number of aryl methyl sites for hydroxylation is 1. The van der Waals surface area contributed by atoms with Crippen molar-refractivity contribution in [2.24, 2.45) is 0 Å². The van der Waals surface area contributed by atoms with Crippen LogP contribution in [0.1, 0.15) is 36.3 Å². The summed E-state index contributed by atoms with van der Waals surface area (Å²) in [5.41, 5.74) is 2.50. The summed E-state index contributed by atoms with van der Waals surface area (Å²) in [6.45, 7) is 1.73. The number of ether oxygens (including phenoxy) is 2. The Bertz CT molecular complexity index is 543. The molecule has 23 heavy (non-hydrogen) atoms. The smallest absolute Gasteiger partial charge is 0.220 e. The third-order valence-electron chi connectivity index (χ3n) is 4.38. The van der Waals surface area contributed by atoms with E-state index in [4.69, 9.17) is 9.47 Å². The quantitative estimate of drug-likeness (QED) is 0.746. The van der Waals surface area contributed by atoms with Crippen LogP contribution in [0, 0.1) is 0 Å². The van der Waals surface area contributed by atoms with Gasteiger partial charge in [0.25, 0.3) is 0 Å². The van der Waals surface area contributed by atoms with Crippen molar-refractivity contribution in [1.29, 1.82) is 0 Å². The van der Waals surface area contributed by atoms with Gasteiger partial charge in [0, 0.05) is 13.0 Å². The number of nitrogens with zero attached hydrogens (tertiary/aromatic N) is 1. The van der Waals surface area contributed by atoms with Gasteiger partial charge >= 0.3 is 0 Å². The Labute approximate surface area is 139 Å². The van der Waals surface area contributed by atoms with E-state index in [1.165, 1.54) is 11.1 Å². The predicted octanol–water partition coefficient (Wildman–Crippen LogP) is 2.19. The Hall–Kier alpha value is -1.75. The molecular formula is C18H28N2O3. The van der Waals surface area contributed by atoms with E-state index in [1.807, 2.05) is 26.2 Å². The van der Waals surface area contributed by atoms with Gasteiger partial charge in [-0.1, -0.05) is 0 Å². The lowest BCUT2D eigenvalue weighted by molar-refractivity contribution is -0.121. The van der Waals surface area contributed by atoms with Crippen molar-refractivity contribution in [1.82, 2.24) is 10.2 Å². The molecule has 128 valence electrons. The molecule has 0 heterocycles. The molecule has 0 aromatic heterocycles. The highest BCUT2D eigenvalue weighted by molar-refractivity contribution is 5.77. The van der Waals surface area contributed by atoms with Crippen LogP contribution in [0.5, 0.6) is 11.5 Å². The zero-order chi connectivity index (χ0) is 16.8. The molecule has 1 atom stereocenters. The van der Waals surface area contributed by atoms with Gasteiger partial charge in [0.2, 0.25) is 5.91 Å². The standard InChI is InChI=1S/C18H28N2O3/c1-20(2)9-5-8-19-18(21)11-14-7-6-13-10-16(22-3)17(23-4)12-15(13)14/h10,12,14H,5-9,11H2,1-4H3,(H,19,21). The first-order chi connectivity index (χ1) is 11.0. The summed E-state index contributed by atoms with van der Waals surface area (Å²) in [5.74, 6) is 1.92. The normalized spacial score (nSPS) is 16.3. The maximum Gasteiger partial charge on any atom is 0.220 e. The van der Waals surface area contributed by atoms with Crippen LogP contribution in [-0.2, 0) is 11.2 Å². The first-order valence-electron chi connectivity index (χ1n) is 8.21. The van der Waals surface area contributed by atoms with Crippen molar-refractivity contribution in [2.45, 2.75) is 31.6 Å². The van der Waals surface area contributed by atoms with Gasteiger partial charge in [-0.15, -0.1) is 0 Å². The molecule has 5 nitrogen and oxygen atoms in total. The molecule has 1 aliphatic carbocycles. The van der Waals surface area contributed by atoms with Gasteiger partial charge in [0.05, 0.1) is 14.2 Å². The zero-order valence-electron chi connectivity index (χ0n) is 14.6. The second kappa shape index (κ2) is 8.20. The Balaban J connectivity index is 1.93. The number of nitrogens with one attached hydrogen (secondary N) is 1. The number of methoxy groups -OCH3 is 2. The summed E-state index contributed by atoms with van der Waals surface area (Å²) in [7, 11) is 7.38. The largest absolute Gasteiger partial charge is 0.493 e. The minimum atomic E-state index is 0.136. The lowest BCUT2D eigenvalue weighted by Crippen LogP contribution is -2.28. The van der Waals surface area contributed by atoms with E-state index in [0.717, 1.165) is 43.9 Å². The average molecular weight is 320 g/mol. The molecule has 1 unspecified atom stereocenters. The monoisotopic (exact) mass is 320 g/mol. The highest BCUT2D eigenvalue weighted by atomic mass is 16.5. The zero-order valence-corrected chi connectivity index (χ0v) is 14.6. The highest BCUT2D eigenvalue weighted by Crippen LogP contribution is 2.41. The van der Waals surface area contributed by atoms with Gasteiger partial charge in [0.1, 0.15) is 0 Å². The molecule has 2 rings (SSSR count). The fourth-order valence-electron chi connectivity index (χ4n) is 3.15. The van der Waals surface area contributed by atoms with Crippen molar-refractivity contribution in [2.75, 3.05) is 41.4 Å². The molecular weight excluding hydrogens is 292 g/mol. The number of rotatable bonds is 8. The molecule has 5 heteroatoms. The maximum atomic E-state index is 12.2. The molecule has 0 spiro atoms. The molecule has 0 radical (unpaired) electrons. The summed E-state index contributed by atoms with van der Waals surface area (Å²) in [4.78, 5) is 14.3. The maximum absolute atomic E-state index is 12.2. The Morgan fingerprint density at radius 1 is 1.26 bits per heavy atom. The number of benzene rings is 1. The van der Waals surface area contributed by atoms with Crippen molar-refractivity contribution in [3.8, 4) is 11.5 Å². The number of fused-ring (bicyclic) bond motifs is 1. The third-order valence-corrected chi connectivity index (χ3v) is 4.38. The lowest BCUT2D eigenvalue weighted by Gasteiger charge is -2.15. The molecule has 0 saturated carbocycles. The second-order valence-electron chi connectivity index (χ2n) is 6.35. The Kier molecular flexibility index (Phi) is 6.28. The molecule has 0 aliphatic heterocycles. The van der Waals surface area contributed by atoms with Crippen LogP contribution in [0.3, 0.4) is 0 Å². The van der Waals surface area contributed by atoms with Crippen LogP contribution in [-0.4, -0.2) is 52.2 Å². The molecule has 1 N–H and O–H groups in total. The van der Waals surface area contributed by atoms with E-state index in [2.05, 4.69) is 10.2 Å². The fourth-order valence-corrected chi connectivity index (χ4v) is 3.15. The lowest BCUT2D eigenvalue weighted by atomic mass is 9.97. The van der Waals surface area contributed by atoms with Crippen LogP contribution < -0.4 is 14.8 Å². The van der Waals surface area contributed by atoms with E-state index in [1.54, 1.807) is 14.2 Å². The summed E-state index contributed by atoms with van der Waals surface area (Å²) in [5, 5.41) is 3.03. The molecule has 1 amide bonds. The number of amides is 1. The number of hydrogen-bond acceptors (Lipinski definition) is 4. The van der Waals surface area contributed by atoms with Crippen LogP contribution in [0.15, 0.2) is 12.1 Å². The van der Waals surface area contributed by atoms with E-state index >= 15 is 0 Å². The molecule has 1 aromatic carbocycles. The van der Waals surface area contributed by atoms with Crippen LogP contribution >= 0.6 is 0 Å². The van der Waals surface area contributed by atoms with Crippen LogP contribution in [0.2, 0.25) is 0 Å². The van der Waals surface area contributed by atoms with Crippen molar-refractivity contribution in [3.63, 3.8) is 0 Å². The minimum absolute atomic E-state index is 0.136. The third kappa shape index (κ3) is 4.61. The average Bonchev–Trinajstić information content (AvgIpc) is 2.92. The Morgan fingerprint density at radius 3 is 2.61 bits per heavy atom. The summed E-state index contributed by atoms with van der Waals surface area (Å²) in [6.07, 6.45) is 3.53. The first-order valence-corrected chi connectivity index (χ1v) is 8.21. The Morgan fingerprint density at radius 2 is 1.96 bits per heavy atom. The fraction of sp³-hybridized carbons (Fsp3) is 0.611. The van der Waals surface area contributed by atoms with Crippen LogP contribution in [0.4, 0.5) is 0 Å². The first kappa shape index (κ1) is 17.6. The summed E-state index contributed by atoms with van der Waals surface area (Å²) < 4.78 is 10.7. The predicted molar refractivity (Wildman–Crippen MR) is 91.4 cm³/mol. The topological polar surface area (TPSA) is 50.8 Å². The van der Waals surface area contributed by atoms with Crippen molar-refractivity contribution < 1.29 is 14.3 Å². The van der Waals surface area contributed by atoms with Crippen LogP contribution in [0.25, 0.3) is 0 Å². The van der Waals surface area contributed by atoms with E-state index in [0.29, 0.717) is 6.42 Å². The van der Waals surface area contributed by atoms with E-state index in [-0.39, 0.29) is 11.8 Å². The molecule has 1 aliphatic rings. The SMILES string of the molecule is COc1cc2c(cc1OC)C(CC(=O)NCCCN(C)C)CC2. The van der Waals surface area contributed by atoms with Gasteiger partial charge in [-0.25, -0.2) is 0 Å². The molecule has 0 fully saturated rings. The number of carbonyl (C=O) groups is 1. The van der Waals surface area contributed by atoms with Gasteiger partial charge < -0.3 is 19.7 Å². The van der Waals surface area contributed by atoms with Gasteiger partial charge in [-0.3, -0.25) is 4.79 Å². The highest BCUT2D eigenvalue weighted by Gasteiger charge is 2.26. The summed E-state index contributed by atoms with van der Waals surface area (Å²) >= 11 is 0. The van der Waals surface area contributed by atoms with Gasteiger partial charge in [-0.05, 0) is 69.1 Å². The molecule has 0 saturated heterocycles. The number of hydrogen-bond donors (Lipinski definition) is 1. The number of carbonyl (C=O) groups excluding carboxylic acids is 1. The van der Waals surface area contributed by atoms with Gasteiger partial charge in [0.15, 0.2) is 11.5 Å². The minimum Gasteiger partial charge on any atom is -0.493 e. The van der Waals surface area contributed by atoms with Gasteiger partial charge in [-0.2, -0.15) is 0 Å². The summed E-state index contributed by atoms with van der Waals surface area (Å²) in [6, 6.07) is 4.08. The van der Waals surface area contributed by atoms with Crippen molar-refractivity contribution >= 4 is 5.91 Å². The molecule has 1 aromatic rings. The molecule has 0 bridgehead atoms. The second-order valence-corrected chi connectivity index (χ2v) is 6.35.